The van der Waals surface area contributed by atoms with Crippen molar-refractivity contribution in [3.05, 3.63) is 0 Å². The smallest absolute Gasteiger partial charge is 0.141 e. The van der Waals surface area contributed by atoms with Gasteiger partial charge in [0.05, 0.1) is 5.60 Å². The molecule has 4 saturated carbocycles. The van der Waals surface area contributed by atoms with Crippen LogP contribution in [0.5, 0.6) is 0 Å². The fraction of sp³-hybridized carbons (Fsp3) is 0.929. The maximum Gasteiger partial charge on any atom is 0.141 e. The van der Waals surface area contributed by atoms with E-state index in [1.807, 2.05) is 0 Å². The molecule has 0 saturated heterocycles. The Morgan fingerprint density at radius 2 is 1.88 bits per heavy atom. The van der Waals surface area contributed by atoms with Gasteiger partial charge in [0.1, 0.15) is 5.78 Å². The molecule has 1 N–H and O–H groups in total. The molecule has 2 nitrogen and oxygen atoms in total. The zero-order valence-corrected chi connectivity index (χ0v) is 10.5. The highest BCUT2D eigenvalue weighted by Crippen LogP contribution is 2.61. The summed E-state index contributed by atoms with van der Waals surface area (Å²) in [6, 6.07) is 0. The lowest BCUT2D eigenvalue weighted by atomic mass is 9.44. The quantitative estimate of drug-likeness (QED) is 0.683. The average Bonchev–Trinajstić information content (AvgIpc) is 2.18. The second-order valence-electron chi connectivity index (χ2n) is 7.23. The van der Waals surface area contributed by atoms with E-state index in [1.165, 1.54) is 0 Å². The van der Waals surface area contributed by atoms with Crippen LogP contribution in [0.25, 0.3) is 0 Å². The fourth-order valence-electron chi connectivity index (χ4n) is 4.77. The first kappa shape index (κ1) is 10.8. The van der Waals surface area contributed by atoms with E-state index in [0.29, 0.717) is 17.6 Å². The van der Waals surface area contributed by atoms with Crippen molar-refractivity contribution in [2.45, 2.75) is 52.1 Å². The molecule has 0 radical (unpaired) electrons. The lowest BCUT2D eigenvalue weighted by Gasteiger charge is -2.62. The predicted molar refractivity (Wildman–Crippen MR) is 61.8 cm³/mol. The molecule has 4 aliphatic carbocycles. The Balaban J connectivity index is 2.05. The fourth-order valence-corrected chi connectivity index (χ4v) is 4.77. The van der Waals surface area contributed by atoms with Crippen LogP contribution in [0.3, 0.4) is 0 Å². The van der Waals surface area contributed by atoms with Crippen LogP contribution in [0.4, 0.5) is 0 Å². The zero-order chi connectivity index (χ0) is 11.7. The van der Waals surface area contributed by atoms with Crippen LogP contribution in [0, 0.1) is 29.1 Å². The topological polar surface area (TPSA) is 37.3 Å². The molecule has 4 bridgehead atoms. The van der Waals surface area contributed by atoms with Gasteiger partial charge in [-0.05, 0) is 42.9 Å². The van der Waals surface area contributed by atoms with Gasteiger partial charge in [0.2, 0.25) is 0 Å². The van der Waals surface area contributed by atoms with Crippen LogP contribution < -0.4 is 0 Å². The average molecular weight is 222 g/mol. The summed E-state index contributed by atoms with van der Waals surface area (Å²) in [4.78, 5) is 12.3. The minimum atomic E-state index is -0.739. The van der Waals surface area contributed by atoms with Crippen molar-refractivity contribution in [1.29, 1.82) is 0 Å². The minimum Gasteiger partial charge on any atom is -0.388 e. The van der Waals surface area contributed by atoms with E-state index in [0.717, 1.165) is 25.7 Å². The highest BCUT2D eigenvalue weighted by atomic mass is 16.3. The van der Waals surface area contributed by atoms with Crippen LogP contribution in [0.1, 0.15) is 46.5 Å². The van der Waals surface area contributed by atoms with Crippen molar-refractivity contribution in [2.24, 2.45) is 29.1 Å². The van der Waals surface area contributed by atoms with Crippen LogP contribution >= 0.6 is 0 Å². The van der Waals surface area contributed by atoms with E-state index in [2.05, 4.69) is 20.8 Å². The molecule has 0 aromatic rings. The number of carbonyl (C=O) groups is 1. The molecule has 90 valence electrons. The Morgan fingerprint density at radius 3 is 2.50 bits per heavy atom. The molecule has 0 aromatic heterocycles. The largest absolute Gasteiger partial charge is 0.388 e. The minimum absolute atomic E-state index is 0.0660. The number of rotatable bonds is 0. The molecule has 5 atom stereocenters. The van der Waals surface area contributed by atoms with Gasteiger partial charge in [-0.3, -0.25) is 4.79 Å². The molecular weight excluding hydrogens is 200 g/mol. The summed E-state index contributed by atoms with van der Waals surface area (Å²) in [6.07, 6.45) is 4.14. The van der Waals surface area contributed by atoms with Gasteiger partial charge in [0.25, 0.3) is 0 Å². The predicted octanol–water partition coefficient (Wildman–Crippen LogP) is 2.40. The third kappa shape index (κ3) is 1.09. The van der Waals surface area contributed by atoms with Gasteiger partial charge in [0.15, 0.2) is 0 Å². The second kappa shape index (κ2) is 2.90. The van der Waals surface area contributed by atoms with Crippen molar-refractivity contribution in [3.8, 4) is 0 Å². The van der Waals surface area contributed by atoms with Crippen molar-refractivity contribution in [1.82, 2.24) is 0 Å². The third-order valence-corrected chi connectivity index (χ3v) is 5.47. The SMILES string of the molecule is CC(C)(C)[C@]1(O)[C@H]2C[C@@H]3C[C@H](C2)C(=O)[C@H]1C3. The summed E-state index contributed by atoms with van der Waals surface area (Å²) in [5.41, 5.74) is -0.914. The van der Waals surface area contributed by atoms with E-state index in [-0.39, 0.29) is 17.3 Å². The van der Waals surface area contributed by atoms with Crippen molar-refractivity contribution >= 4 is 5.78 Å². The lowest BCUT2D eigenvalue weighted by molar-refractivity contribution is -0.216. The Hall–Kier alpha value is -0.370. The number of hydrogen-bond donors (Lipinski definition) is 1. The Morgan fingerprint density at radius 1 is 1.19 bits per heavy atom. The van der Waals surface area contributed by atoms with Crippen LogP contribution in [-0.2, 0) is 4.79 Å². The molecule has 4 aliphatic rings. The van der Waals surface area contributed by atoms with Gasteiger partial charge in [-0.2, -0.15) is 0 Å². The molecule has 0 aromatic carbocycles. The van der Waals surface area contributed by atoms with Crippen molar-refractivity contribution < 1.29 is 9.90 Å². The zero-order valence-electron chi connectivity index (χ0n) is 10.5. The van der Waals surface area contributed by atoms with Gasteiger partial charge in [-0.1, -0.05) is 20.8 Å². The molecule has 16 heavy (non-hydrogen) atoms. The monoisotopic (exact) mass is 222 g/mol. The summed E-state index contributed by atoms with van der Waals surface area (Å²) < 4.78 is 0. The summed E-state index contributed by atoms with van der Waals surface area (Å²) in [5, 5.41) is 11.1. The number of carbonyl (C=O) groups excluding carboxylic acids is 1. The van der Waals surface area contributed by atoms with Crippen LogP contribution in [0.2, 0.25) is 0 Å². The molecule has 4 fully saturated rings. The third-order valence-electron chi connectivity index (χ3n) is 5.47. The number of hydrogen-bond acceptors (Lipinski definition) is 2. The van der Waals surface area contributed by atoms with E-state index in [1.54, 1.807) is 0 Å². The molecule has 0 heterocycles. The highest BCUT2D eigenvalue weighted by Gasteiger charge is 2.64. The molecule has 0 amide bonds. The van der Waals surface area contributed by atoms with Gasteiger partial charge >= 0.3 is 0 Å². The standard InChI is InChI=1S/C14H22O2/c1-13(2,3)14(16)10-5-8-4-9(7-10)12(15)11(14)6-8/h8-11,16H,4-7H2,1-3H3/t8-,9+,10-,11+,14-/m0/s1. The van der Waals surface area contributed by atoms with Crippen LogP contribution in [0.15, 0.2) is 0 Å². The number of aliphatic hydroxyl groups is 1. The molecule has 0 aliphatic heterocycles. The first-order valence-corrected chi connectivity index (χ1v) is 6.60. The maximum absolute atomic E-state index is 12.3. The lowest BCUT2D eigenvalue weighted by Crippen LogP contribution is -2.67. The van der Waals surface area contributed by atoms with E-state index in [9.17, 15) is 9.90 Å². The van der Waals surface area contributed by atoms with Gasteiger partial charge in [0, 0.05) is 11.8 Å². The van der Waals surface area contributed by atoms with E-state index < -0.39 is 5.60 Å². The summed E-state index contributed by atoms with van der Waals surface area (Å²) in [5.74, 6) is 1.67. The van der Waals surface area contributed by atoms with Gasteiger partial charge in [-0.25, -0.2) is 0 Å². The molecule has 2 heteroatoms. The molecule has 0 spiro atoms. The number of ketones is 1. The Kier molecular flexibility index (Phi) is 1.95. The molecular formula is C14H22O2. The van der Waals surface area contributed by atoms with E-state index >= 15 is 0 Å². The van der Waals surface area contributed by atoms with Crippen LogP contribution in [-0.4, -0.2) is 16.5 Å². The van der Waals surface area contributed by atoms with E-state index in [4.69, 9.17) is 0 Å². The van der Waals surface area contributed by atoms with Gasteiger partial charge in [-0.15, -0.1) is 0 Å². The molecule has 4 rings (SSSR count). The maximum atomic E-state index is 12.3. The first-order valence-electron chi connectivity index (χ1n) is 6.60. The second-order valence-corrected chi connectivity index (χ2v) is 7.23. The number of Topliss-reactive ketones (excluding diaryl/α,β-unsaturated/α-hetero) is 1. The Bertz CT molecular complexity index is 341. The first-order chi connectivity index (χ1) is 7.34. The summed E-state index contributed by atoms with van der Waals surface area (Å²) in [7, 11) is 0. The summed E-state index contributed by atoms with van der Waals surface area (Å²) in [6.45, 7) is 6.26. The highest BCUT2D eigenvalue weighted by molar-refractivity contribution is 5.87. The Labute approximate surface area is 97.4 Å². The van der Waals surface area contributed by atoms with Gasteiger partial charge < -0.3 is 5.11 Å². The van der Waals surface area contributed by atoms with Crippen molar-refractivity contribution in [2.75, 3.05) is 0 Å². The van der Waals surface area contributed by atoms with Crippen molar-refractivity contribution in [3.63, 3.8) is 0 Å². The molecule has 0 unspecified atom stereocenters. The normalized spacial score (nSPS) is 51.1. The summed E-state index contributed by atoms with van der Waals surface area (Å²) >= 11 is 0.